The maximum absolute atomic E-state index is 12.9. The van der Waals surface area contributed by atoms with E-state index in [1.807, 2.05) is 31.2 Å². The fourth-order valence-electron chi connectivity index (χ4n) is 3.01. The van der Waals surface area contributed by atoms with Gasteiger partial charge in [-0.05, 0) is 25.5 Å². The van der Waals surface area contributed by atoms with Crippen molar-refractivity contribution < 1.29 is 14.2 Å². The maximum atomic E-state index is 12.9. The van der Waals surface area contributed by atoms with Crippen LogP contribution in [-0.4, -0.2) is 39.0 Å². The summed E-state index contributed by atoms with van der Waals surface area (Å²) >= 11 is 0. The molecule has 0 N–H and O–H groups in total. The fourth-order valence-corrected chi connectivity index (χ4v) is 3.01. The molecule has 8 nitrogen and oxygen atoms in total. The standard InChI is InChI=1S/C22H24N4O4/c1-3-4-13-25(22(27)17-10-8-16(2)9-11-17)14-12-20-23-21(24-30-20)18-6-5-7-19(15-18)26(28)29/h5-11,15H,3-4,12-14H2,1-2H3. The van der Waals surface area contributed by atoms with E-state index in [1.165, 1.54) is 12.1 Å². The largest absolute Gasteiger partial charge is 0.339 e. The van der Waals surface area contributed by atoms with Crippen molar-refractivity contribution in [2.24, 2.45) is 0 Å². The summed E-state index contributed by atoms with van der Waals surface area (Å²) in [5, 5.41) is 14.9. The van der Waals surface area contributed by atoms with Gasteiger partial charge in [-0.2, -0.15) is 4.98 Å². The molecule has 0 bridgehead atoms. The van der Waals surface area contributed by atoms with E-state index >= 15 is 0 Å². The van der Waals surface area contributed by atoms with Crippen molar-refractivity contribution in [2.45, 2.75) is 33.1 Å². The molecule has 30 heavy (non-hydrogen) atoms. The lowest BCUT2D eigenvalue weighted by atomic mass is 10.1. The van der Waals surface area contributed by atoms with Crippen LogP contribution in [-0.2, 0) is 6.42 Å². The van der Waals surface area contributed by atoms with E-state index in [1.54, 1.807) is 17.0 Å². The first-order valence-electron chi connectivity index (χ1n) is 9.91. The summed E-state index contributed by atoms with van der Waals surface area (Å²) < 4.78 is 5.31. The minimum atomic E-state index is -0.465. The third-order valence-electron chi connectivity index (χ3n) is 4.75. The molecule has 0 fully saturated rings. The smallest absolute Gasteiger partial charge is 0.270 e. The lowest BCUT2D eigenvalue weighted by Crippen LogP contribution is -2.34. The van der Waals surface area contributed by atoms with E-state index in [0.29, 0.717) is 42.4 Å². The van der Waals surface area contributed by atoms with Crippen LogP contribution in [0.5, 0.6) is 0 Å². The first kappa shape index (κ1) is 21.2. The number of benzene rings is 2. The number of nitrogens with zero attached hydrogens (tertiary/aromatic N) is 4. The first-order chi connectivity index (χ1) is 14.5. The molecule has 3 aromatic rings. The molecule has 1 aromatic heterocycles. The van der Waals surface area contributed by atoms with Crippen LogP contribution in [0.2, 0.25) is 0 Å². The highest BCUT2D eigenvalue weighted by atomic mass is 16.6. The Kier molecular flexibility index (Phi) is 6.90. The van der Waals surface area contributed by atoms with Crippen LogP contribution >= 0.6 is 0 Å². The summed E-state index contributed by atoms with van der Waals surface area (Å²) in [6, 6.07) is 13.6. The van der Waals surface area contributed by atoms with Gasteiger partial charge >= 0.3 is 0 Å². The molecule has 1 heterocycles. The second-order valence-corrected chi connectivity index (χ2v) is 7.08. The Morgan fingerprint density at radius 1 is 1.17 bits per heavy atom. The number of nitro benzene ring substituents is 1. The number of nitro groups is 1. The highest BCUT2D eigenvalue weighted by molar-refractivity contribution is 5.94. The molecular weight excluding hydrogens is 384 g/mol. The highest BCUT2D eigenvalue weighted by Gasteiger charge is 2.18. The Bertz CT molecular complexity index is 1010. The zero-order valence-electron chi connectivity index (χ0n) is 17.1. The van der Waals surface area contributed by atoms with Gasteiger partial charge in [0, 0.05) is 42.8 Å². The Balaban J connectivity index is 1.70. The van der Waals surface area contributed by atoms with Gasteiger partial charge in [0.25, 0.3) is 11.6 Å². The average Bonchev–Trinajstić information content (AvgIpc) is 3.23. The molecule has 0 atom stereocenters. The predicted molar refractivity (Wildman–Crippen MR) is 112 cm³/mol. The number of non-ortho nitro benzene ring substituents is 1. The van der Waals surface area contributed by atoms with Crippen LogP contribution in [0.4, 0.5) is 5.69 Å². The van der Waals surface area contributed by atoms with Gasteiger partial charge in [0.1, 0.15) is 0 Å². The lowest BCUT2D eigenvalue weighted by Gasteiger charge is -2.22. The third kappa shape index (κ3) is 5.28. The second-order valence-electron chi connectivity index (χ2n) is 7.08. The van der Waals surface area contributed by atoms with Crippen molar-refractivity contribution in [2.75, 3.05) is 13.1 Å². The average molecular weight is 408 g/mol. The molecule has 0 spiro atoms. The maximum Gasteiger partial charge on any atom is 0.270 e. The molecule has 0 radical (unpaired) electrons. The number of aryl methyl sites for hydroxylation is 1. The Morgan fingerprint density at radius 2 is 1.93 bits per heavy atom. The van der Waals surface area contributed by atoms with E-state index in [2.05, 4.69) is 17.1 Å². The van der Waals surface area contributed by atoms with Gasteiger partial charge in [-0.15, -0.1) is 0 Å². The molecular formula is C22H24N4O4. The number of unbranched alkanes of at least 4 members (excludes halogenated alkanes) is 1. The minimum Gasteiger partial charge on any atom is -0.339 e. The number of rotatable bonds is 9. The molecule has 2 aromatic carbocycles. The zero-order chi connectivity index (χ0) is 21.5. The highest BCUT2D eigenvalue weighted by Crippen LogP contribution is 2.21. The number of carbonyl (C=O) groups excluding carboxylic acids is 1. The minimum absolute atomic E-state index is 0.0260. The van der Waals surface area contributed by atoms with E-state index in [-0.39, 0.29) is 11.6 Å². The van der Waals surface area contributed by atoms with Crippen molar-refractivity contribution >= 4 is 11.6 Å². The van der Waals surface area contributed by atoms with Crippen LogP contribution in [0.25, 0.3) is 11.4 Å². The first-order valence-corrected chi connectivity index (χ1v) is 9.91. The summed E-state index contributed by atoms with van der Waals surface area (Å²) in [5.41, 5.74) is 2.23. The molecule has 156 valence electrons. The van der Waals surface area contributed by atoms with Gasteiger partial charge in [0.15, 0.2) is 0 Å². The van der Waals surface area contributed by atoms with Crippen LogP contribution in [0.3, 0.4) is 0 Å². The lowest BCUT2D eigenvalue weighted by molar-refractivity contribution is -0.384. The Labute approximate surface area is 174 Å². The van der Waals surface area contributed by atoms with Crippen LogP contribution in [0, 0.1) is 17.0 Å². The van der Waals surface area contributed by atoms with Crippen LogP contribution in [0.1, 0.15) is 41.6 Å². The number of amides is 1. The van der Waals surface area contributed by atoms with Gasteiger partial charge in [-0.1, -0.05) is 48.3 Å². The van der Waals surface area contributed by atoms with Crippen molar-refractivity contribution in [3.8, 4) is 11.4 Å². The quantitative estimate of drug-likeness (QED) is 0.383. The molecule has 0 aliphatic heterocycles. The fraction of sp³-hybridized carbons (Fsp3) is 0.318. The Hall–Kier alpha value is -3.55. The molecule has 0 unspecified atom stereocenters. The topological polar surface area (TPSA) is 102 Å². The number of hydrogen-bond acceptors (Lipinski definition) is 6. The molecule has 1 amide bonds. The summed E-state index contributed by atoms with van der Waals surface area (Å²) in [6.07, 6.45) is 2.29. The number of hydrogen-bond donors (Lipinski definition) is 0. The molecule has 0 saturated carbocycles. The summed E-state index contributed by atoms with van der Waals surface area (Å²) in [6.45, 7) is 5.16. The number of aromatic nitrogens is 2. The molecule has 0 aliphatic rings. The summed E-state index contributed by atoms with van der Waals surface area (Å²) in [7, 11) is 0. The summed E-state index contributed by atoms with van der Waals surface area (Å²) in [4.78, 5) is 29.5. The molecule has 0 saturated heterocycles. The van der Waals surface area contributed by atoms with E-state index in [0.717, 1.165) is 18.4 Å². The van der Waals surface area contributed by atoms with Crippen molar-refractivity contribution in [3.05, 3.63) is 75.7 Å². The van der Waals surface area contributed by atoms with Gasteiger partial charge in [0.2, 0.25) is 11.7 Å². The van der Waals surface area contributed by atoms with Crippen molar-refractivity contribution in [1.29, 1.82) is 0 Å². The zero-order valence-corrected chi connectivity index (χ0v) is 17.1. The monoisotopic (exact) mass is 408 g/mol. The van der Waals surface area contributed by atoms with E-state index < -0.39 is 4.92 Å². The van der Waals surface area contributed by atoms with Gasteiger partial charge in [0.05, 0.1) is 4.92 Å². The molecule has 3 rings (SSSR count). The molecule has 8 heteroatoms. The Morgan fingerprint density at radius 3 is 2.63 bits per heavy atom. The predicted octanol–water partition coefficient (Wildman–Crippen LogP) is 4.44. The second kappa shape index (κ2) is 9.78. The van der Waals surface area contributed by atoms with Gasteiger partial charge < -0.3 is 9.42 Å². The SMILES string of the molecule is CCCCN(CCc1nc(-c2cccc([N+](=O)[O-])c2)no1)C(=O)c1ccc(C)cc1. The van der Waals surface area contributed by atoms with Gasteiger partial charge in [-0.3, -0.25) is 14.9 Å². The van der Waals surface area contributed by atoms with E-state index in [4.69, 9.17) is 4.52 Å². The van der Waals surface area contributed by atoms with E-state index in [9.17, 15) is 14.9 Å². The van der Waals surface area contributed by atoms with Crippen LogP contribution < -0.4 is 0 Å². The van der Waals surface area contributed by atoms with Crippen molar-refractivity contribution in [1.82, 2.24) is 15.0 Å². The number of carbonyl (C=O) groups is 1. The normalized spacial score (nSPS) is 10.7. The van der Waals surface area contributed by atoms with Gasteiger partial charge in [-0.25, -0.2) is 0 Å². The summed E-state index contributed by atoms with van der Waals surface area (Å²) in [5.74, 6) is 0.648. The molecule has 0 aliphatic carbocycles. The van der Waals surface area contributed by atoms with Crippen LogP contribution in [0.15, 0.2) is 53.1 Å². The van der Waals surface area contributed by atoms with Crippen molar-refractivity contribution in [3.63, 3.8) is 0 Å². The third-order valence-corrected chi connectivity index (χ3v) is 4.75.